The van der Waals surface area contributed by atoms with E-state index < -0.39 is 21.0 Å². The summed E-state index contributed by atoms with van der Waals surface area (Å²) in [5, 5.41) is 20.7. The molecule has 53 heavy (non-hydrogen) atoms. The molecular weight excluding hydrogens is 771 g/mol. The predicted octanol–water partition coefficient (Wildman–Crippen LogP) is -3.82. The number of carbonyl (C=O) groups is 2. The Morgan fingerprint density at radius 3 is 1.30 bits per heavy atom. The molecule has 6 rings (SSSR count). The third-order valence-electron chi connectivity index (χ3n) is 7.60. The number of benzene rings is 2. The number of anilines is 2. The van der Waals surface area contributed by atoms with Gasteiger partial charge in [0.1, 0.15) is 36.3 Å². The summed E-state index contributed by atoms with van der Waals surface area (Å²) in [6.45, 7) is 2.51. The number of pyridine rings is 2. The third-order valence-corrected chi connectivity index (χ3v) is 9.49. The summed E-state index contributed by atoms with van der Waals surface area (Å²) in [6, 6.07) is 26.7. The predicted molar refractivity (Wildman–Crippen MR) is 198 cm³/mol. The van der Waals surface area contributed by atoms with E-state index in [1.807, 2.05) is 109 Å². The maximum absolute atomic E-state index is 11.5. The Hall–Kier alpha value is -1.85. The molecule has 2 N–H and O–H groups in total. The van der Waals surface area contributed by atoms with Crippen molar-refractivity contribution in [1.82, 2.24) is 9.97 Å². The Balaban J connectivity index is 0.000000347. The van der Waals surface area contributed by atoms with Gasteiger partial charge < -0.3 is 35.0 Å². The normalized spacial score (nSPS) is 15.7. The van der Waals surface area contributed by atoms with Crippen LogP contribution in [-0.4, -0.2) is 88.6 Å². The minimum absolute atomic E-state index is 0. The van der Waals surface area contributed by atoms with Crippen LogP contribution in [0.15, 0.2) is 107 Å². The molecule has 0 bridgehead atoms. The standard InChI is InChI=1S/2C18H19N3O3S.2K.H2O/c2*1-21(16-4-2-3-9-19-16)10-11-24-14-7-5-13(6-8-14)12-15-17(22)20-18(23)25-15;;;/h2*2-9,15H,10-12H2,1H3,(H,20,22,23);;;1H2/q;;2*+1;/p-2. The quantitative estimate of drug-likeness (QED) is 0.113. The van der Waals surface area contributed by atoms with E-state index in [9.17, 15) is 19.8 Å². The van der Waals surface area contributed by atoms with Gasteiger partial charge in [0, 0.05) is 36.9 Å². The summed E-state index contributed by atoms with van der Waals surface area (Å²) >= 11 is 1.98. The van der Waals surface area contributed by atoms with E-state index in [4.69, 9.17) is 9.47 Å². The summed E-state index contributed by atoms with van der Waals surface area (Å²) in [6.07, 6.45) is 4.53. The number of nitrogens with zero attached hydrogens (tertiary/aromatic N) is 6. The number of rotatable bonds is 14. The van der Waals surface area contributed by atoms with Crippen molar-refractivity contribution in [3.63, 3.8) is 0 Å². The van der Waals surface area contributed by atoms with Crippen LogP contribution in [0, 0.1) is 0 Å². The number of amides is 2. The number of thioether (sulfide) groups is 2. The minimum atomic E-state index is -0.397. The van der Waals surface area contributed by atoms with Gasteiger partial charge in [-0.25, -0.2) is 20.0 Å². The molecule has 0 spiro atoms. The molecule has 17 heteroatoms. The van der Waals surface area contributed by atoms with Crippen LogP contribution in [0.5, 0.6) is 11.5 Å². The number of aromatic nitrogens is 2. The first-order valence-corrected chi connectivity index (χ1v) is 17.6. The van der Waals surface area contributed by atoms with Gasteiger partial charge in [-0.15, -0.1) is 23.5 Å². The SMILES string of the molecule is CN(CCOc1ccc(CC2SC([O-])=NC2=O)cc1)c1ccccn1.CN(CCOc1ccc(CC2SC([O-])=NC2=O)cc1)c1ccccn1.O.[K+].[K+]. The monoisotopic (exact) mass is 808 g/mol. The average molecular weight is 809 g/mol. The Morgan fingerprint density at radius 1 is 0.623 bits per heavy atom. The average Bonchev–Trinajstić information content (AvgIpc) is 3.63. The van der Waals surface area contributed by atoms with Crippen LogP contribution in [0.2, 0.25) is 0 Å². The molecule has 13 nitrogen and oxygen atoms in total. The maximum Gasteiger partial charge on any atom is 1.00 e. The van der Waals surface area contributed by atoms with Crippen molar-refractivity contribution in [2.45, 2.75) is 23.3 Å². The van der Waals surface area contributed by atoms with Crippen LogP contribution in [0.3, 0.4) is 0 Å². The molecular formula is C36H38K2N6O7S2. The second kappa shape index (κ2) is 24.6. The van der Waals surface area contributed by atoms with Gasteiger partial charge in [-0.3, -0.25) is 9.59 Å². The molecule has 2 atom stereocenters. The number of likely N-dealkylation sites (N-methyl/N-ethyl adjacent to an activating group) is 2. The van der Waals surface area contributed by atoms with E-state index in [0.29, 0.717) is 26.1 Å². The van der Waals surface area contributed by atoms with Crippen LogP contribution in [0.1, 0.15) is 11.1 Å². The number of ether oxygens (including phenoxy) is 2. The fraction of sp³-hybridized carbons (Fsp3) is 0.278. The first-order chi connectivity index (χ1) is 24.2. The fourth-order valence-electron chi connectivity index (χ4n) is 4.84. The van der Waals surface area contributed by atoms with Gasteiger partial charge in [-0.1, -0.05) is 36.4 Å². The van der Waals surface area contributed by atoms with Crippen LogP contribution in [-0.2, 0) is 22.4 Å². The molecule has 2 aliphatic heterocycles. The van der Waals surface area contributed by atoms with Gasteiger partial charge >= 0.3 is 103 Å². The zero-order valence-corrected chi connectivity index (χ0v) is 38.0. The Morgan fingerprint density at radius 2 is 1.00 bits per heavy atom. The van der Waals surface area contributed by atoms with Crippen LogP contribution in [0.4, 0.5) is 11.6 Å². The molecule has 4 aromatic rings. The van der Waals surface area contributed by atoms with E-state index in [-0.39, 0.29) is 120 Å². The zero-order valence-electron chi connectivity index (χ0n) is 30.1. The van der Waals surface area contributed by atoms with Gasteiger partial charge in [-0.2, -0.15) is 0 Å². The van der Waals surface area contributed by atoms with Crippen LogP contribution < -0.4 is 132 Å². The van der Waals surface area contributed by atoms with E-state index in [2.05, 4.69) is 20.0 Å². The number of hydrogen-bond acceptors (Lipinski definition) is 12. The topological polar surface area (TPSA) is 187 Å². The number of hydrogen-bond donors (Lipinski definition) is 0. The molecule has 0 radical (unpaired) electrons. The number of carbonyl (C=O) groups excluding carboxylic acids is 2. The van der Waals surface area contributed by atoms with E-state index >= 15 is 0 Å². The van der Waals surface area contributed by atoms with E-state index in [0.717, 1.165) is 70.9 Å². The van der Waals surface area contributed by atoms with Gasteiger partial charge in [-0.05, 0) is 72.5 Å². The van der Waals surface area contributed by atoms with Gasteiger partial charge in [0.25, 0.3) is 11.8 Å². The summed E-state index contributed by atoms with van der Waals surface area (Å²) in [5.41, 5.74) is 1.96. The van der Waals surface area contributed by atoms with Crippen LogP contribution >= 0.6 is 23.5 Å². The van der Waals surface area contributed by atoms with Crippen LogP contribution in [0.25, 0.3) is 0 Å². The Bertz CT molecular complexity index is 1650. The fourth-order valence-corrected chi connectivity index (χ4v) is 6.47. The van der Waals surface area contributed by atoms with Gasteiger partial charge in [0.15, 0.2) is 0 Å². The van der Waals surface area contributed by atoms with Gasteiger partial charge in [0.2, 0.25) is 0 Å². The molecule has 2 amide bonds. The summed E-state index contributed by atoms with van der Waals surface area (Å²) in [4.78, 5) is 42.5. The van der Waals surface area contributed by atoms with Crippen molar-refractivity contribution in [2.24, 2.45) is 9.98 Å². The maximum atomic E-state index is 11.5. The summed E-state index contributed by atoms with van der Waals surface area (Å²) < 4.78 is 11.5. The molecule has 4 heterocycles. The molecule has 0 fully saturated rings. The molecule has 2 aromatic carbocycles. The molecule has 0 saturated carbocycles. The van der Waals surface area contributed by atoms with Crippen molar-refractivity contribution >= 4 is 57.4 Å². The minimum Gasteiger partial charge on any atom is -0.854 e. The van der Waals surface area contributed by atoms with Crippen molar-refractivity contribution in [2.75, 3.05) is 50.2 Å². The second-order valence-corrected chi connectivity index (χ2v) is 13.6. The largest absolute Gasteiger partial charge is 1.00 e. The third kappa shape index (κ3) is 15.7. The van der Waals surface area contributed by atoms with Crippen molar-refractivity contribution in [3.05, 3.63) is 108 Å². The first-order valence-electron chi connectivity index (χ1n) is 15.8. The second-order valence-electron chi connectivity index (χ2n) is 11.3. The van der Waals surface area contributed by atoms with Gasteiger partial charge in [0.05, 0.1) is 23.6 Å². The zero-order chi connectivity index (χ0) is 35.3. The van der Waals surface area contributed by atoms with Crippen molar-refractivity contribution < 1.29 is 138 Å². The molecule has 2 unspecified atom stereocenters. The summed E-state index contributed by atoms with van der Waals surface area (Å²) in [5.74, 6) is 2.66. The molecule has 2 aromatic heterocycles. The molecule has 2 aliphatic rings. The molecule has 268 valence electrons. The van der Waals surface area contributed by atoms with Crippen molar-refractivity contribution in [3.8, 4) is 11.5 Å². The van der Waals surface area contributed by atoms with Crippen molar-refractivity contribution in [1.29, 1.82) is 0 Å². The molecule has 0 aliphatic carbocycles. The Labute approximate surface area is 402 Å². The van der Waals surface area contributed by atoms with E-state index in [1.54, 1.807) is 12.4 Å². The molecule has 0 saturated heterocycles. The summed E-state index contributed by atoms with van der Waals surface area (Å²) in [7, 11) is 3.94. The van der Waals surface area contributed by atoms with E-state index in [1.165, 1.54) is 0 Å². The smallest absolute Gasteiger partial charge is 0.854 e. The number of aliphatic imine (C=N–C) groups is 2. The first kappa shape index (κ1) is 47.3. The Kier molecular flexibility index (Phi) is 22.0.